The van der Waals surface area contributed by atoms with Gasteiger partial charge in [0, 0.05) is 36.6 Å². The van der Waals surface area contributed by atoms with E-state index in [1.165, 1.54) is 6.92 Å². The molecule has 1 saturated heterocycles. The Kier molecular flexibility index (Phi) is 7.65. The lowest BCUT2D eigenvalue weighted by molar-refractivity contribution is -0.162. The van der Waals surface area contributed by atoms with E-state index < -0.39 is 47.4 Å². The fourth-order valence-electron chi connectivity index (χ4n) is 7.44. The molecule has 2 amide bonds. The van der Waals surface area contributed by atoms with Gasteiger partial charge >= 0.3 is 12.1 Å². The van der Waals surface area contributed by atoms with E-state index in [1.54, 1.807) is 28.9 Å². The Bertz CT molecular complexity index is 1510. The van der Waals surface area contributed by atoms with Crippen molar-refractivity contribution in [3.8, 4) is 5.75 Å². The third-order valence-electron chi connectivity index (χ3n) is 10.2. The molecule has 3 fully saturated rings. The number of carbonyl (C=O) groups is 3. The fraction of sp³-hybridized carbons (Fsp3) is 0.613. The summed E-state index contributed by atoms with van der Waals surface area (Å²) >= 11 is 6.66. The number of ether oxygens (including phenoxy) is 1. The molecule has 0 radical (unpaired) electrons. The van der Waals surface area contributed by atoms with Crippen LogP contribution in [-0.4, -0.2) is 57.5 Å². The largest absolute Gasteiger partial charge is 0.487 e. The average Bonchev–Trinajstić information content (AvgIpc) is 3.48. The minimum atomic E-state index is -4.69. The van der Waals surface area contributed by atoms with Gasteiger partial charge in [0.25, 0.3) is 0 Å². The van der Waals surface area contributed by atoms with Gasteiger partial charge in [-0.25, -0.2) is 0 Å². The number of aromatic nitrogens is 1. The maximum Gasteiger partial charge on any atom is 0.421 e. The number of benzene rings is 1. The van der Waals surface area contributed by atoms with Gasteiger partial charge in [-0.1, -0.05) is 29.6 Å². The van der Waals surface area contributed by atoms with Gasteiger partial charge in [-0.05, 0) is 69.1 Å². The van der Waals surface area contributed by atoms with Crippen LogP contribution in [0.4, 0.5) is 13.2 Å². The zero-order valence-electron chi connectivity index (χ0n) is 24.6. The number of nitrogens with zero attached hydrogens (tertiary/aromatic N) is 3. The fourth-order valence-corrected chi connectivity index (χ4v) is 7.70. The first kappa shape index (κ1) is 30.7. The second-order valence-electron chi connectivity index (χ2n) is 13.1. The molecule has 2 aromatic rings. The van der Waals surface area contributed by atoms with Crippen LogP contribution in [0.1, 0.15) is 86.1 Å². The van der Waals surface area contributed by atoms with Crippen molar-refractivity contribution >= 4 is 29.4 Å². The monoisotopic (exact) mass is 637 g/mol. The molecule has 44 heavy (non-hydrogen) atoms. The van der Waals surface area contributed by atoms with Crippen molar-refractivity contribution in [2.24, 2.45) is 16.7 Å². The number of halogens is 4. The first-order valence-corrected chi connectivity index (χ1v) is 15.4. The molecule has 2 saturated carbocycles. The standard InChI is InChI=1S/C31H35ClF3N3O6/c1-17-26(31(33,34)35)21(36-44-17)15-43-23-7-6-20(32)18-8-12-38(27(40)19-5-3-4-9-29(19,2)28(41)42)22(25(18)23)14-37-16-30(10-11-30)13-24(37)39/h6-7,19,22H,3-5,8-16H2,1-2H3,(H,41,42)/t19-,22+,29-/m0/s1. The maximum atomic E-state index is 14.4. The van der Waals surface area contributed by atoms with Crippen molar-refractivity contribution in [2.75, 3.05) is 19.6 Å². The van der Waals surface area contributed by atoms with E-state index in [9.17, 15) is 32.7 Å². The number of hydrogen-bond acceptors (Lipinski definition) is 6. The Hall–Kier alpha value is -3.28. The lowest BCUT2D eigenvalue weighted by Crippen LogP contribution is -2.52. The molecule has 13 heteroatoms. The number of carboxylic acids is 1. The van der Waals surface area contributed by atoms with Crippen LogP contribution < -0.4 is 4.74 Å². The van der Waals surface area contributed by atoms with Crippen molar-refractivity contribution in [3.05, 3.63) is 45.3 Å². The summed E-state index contributed by atoms with van der Waals surface area (Å²) in [5.41, 5.74) is -1.50. The summed E-state index contributed by atoms with van der Waals surface area (Å²) in [7, 11) is 0. The van der Waals surface area contributed by atoms with E-state index in [0.717, 1.165) is 19.3 Å². The van der Waals surface area contributed by atoms with Crippen molar-refractivity contribution in [1.82, 2.24) is 15.0 Å². The summed E-state index contributed by atoms with van der Waals surface area (Å²) in [6.45, 7) is 3.20. The minimum Gasteiger partial charge on any atom is -0.487 e. The van der Waals surface area contributed by atoms with Gasteiger partial charge < -0.3 is 24.2 Å². The van der Waals surface area contributed by atoms with E-state index in [4.69, 9.17) is 20.9 Å². The summed E-state index contributed by atoms with van der Waals surface area (Å²) in [5, 5.41) is 14.1. The normalized spacial score (nSPS) is 26.2. The van der Waals surface area contributed by atoms with Gasteiger partial charge in [0.2, 0.25) is 11.8 Å². The quantitative estimate of drug-likeness (QED) is 0.399. The van der Waals surface area contributed by atoms with Crippen LogP contribution in [0.2, 0.25) is 5.02 Å². The van der Waals surface area contributed by atoms with Gasteiger partial charge in [0.15, 0.2) is 0 Å². The lowest BCUT2D eigenvalue weighted by atomic mass is 9.66. The summed E-state index contributed by atoms with van der Waals surface area (Å²) in [5.74, 6) is -2.27. The topological polar surface area (TPSA) is 113 Å². The number of alkyl halides is 3. The maximum absolute atomic E-state index is 14.4. The number of aryl methyl sites for hydroxylation is 1. The molecular formula is C31H35ClF3N3O6. The summed E-state index contributed by atoms with van der Waals surface area (Å²) in [6.07, 6.45) is 0.212. The van der Waals surface area contributed by atoms with Crippen LogP contribution in [0.5, 0.6) is 5.75 Å². The first-order valence-electron chi connectivity index (χ1n) is 15.0. The molecule has 0 unspecified atom stereocenters. The molecular weight excluding hydrogens is 603 g/mol. The number of carboxylic acid groups (broad SMARTS) is 1. The third kappa shape index (κ3) is 5.32. The number of fused-ring (bicyclic) bond motifs is 1. The molecule has 2 aliphatic carbocycles. The molecule has 6 rings (SSSR count). The van der Waals surface area contributed by atoms with E-state index in [0.29, 0.717) is 54.8 Å². The van der Waals surface area contributed by atoms with Crippen LogP contribution in [0, 0.1) is 23.7 Å². The molecule has 9 nitrogen and oxygen atoms in total. The number of carbonyl (C=O) groups excluding carboxylic acids is 2. The van der Waals surface area contributed by atoms with Gasteiger partial charge in [0.05, 0.1) is 17.4 Å². The van der Waals surface area contributed by atoms with Crippen LogP contribution in [0.3, 0.4) is 0 Å². The number of rotatable bonds is 7. The number of likely N-dealkylation sites (tertiary alicyclic amines) is 1. The molecule has 1 spiro atoms. The highest BCUT2D eigenvalue weighted by Gasteiger charge is 2.54. The predicted molar refractivity (Wildman–Crippen MR) is 151 cm³/mol. The highest BCUT2D eigenvalue weighted by molar-refractivity contribution is 6.31. The molecule has 0 bridgehead atoms. The van der Waals surface area contributed by atoms with Gasteiger partial charge in [-0.15, -0.1) is 0 Å². The highest BCUT2D eigenvalue weighted by Crippen LogP contribution is 2.54. The van der Waals surface area contributed by atoms with E-state index in [-0.39, 0.29) is 41.8 Å². The lowest BCUT2D eigenvalue weighted by Gasteiger charge is -2.45. The summed E-state index contributed by atoms with van der Waals surface area (Å²) < 4.78 is 52.0. The van der Waals surface area contributed by atoms with Crippen LogP contribution in [0.15, 0.2) is 16.7 Å². The summed E-state index contributed by atoms with van der Waals surface area (Å²) in [4.78, 5) is 43.3. The SMILES string of the molecule is Cc1onc(COc2ccc(Cl)c3c2[C@@H](CN2CC4(CC4)CC2=O)N(C(=O)[C@@H]2CCCC[C@]2(C)C(=O)O)CC3)c1C(F)(F)F. The average molecular weight is 638 g/mol. The molecule has 1 aromatic heterocycles. The number of amides is 2. The molecule has 2 aliphatic heterocycles. The Labute approximate surface area is 257 Å². The summed E-state index contributed by atoms with van der Waals surface area (Å²) in [6, 6.07) is 2.42. The second kappa shape index (κ2) is 11.0. The van der Waals surface area contributed by atoms with Crippen LogP contribution >= 0.6 is 11.6 Å². The Morgan fingerprint density at radius 2 is 1.98 bits per heavy atom. The minimum absolute atomic E-state index is 0.0209. The van der Waals surface area contributed by atoms with Crippen LogP contribution in [-0.2, 0) is 33.6 Å². The van der Waals surface area contributed by atoms with Gasteiger partial charge in [0.1, 0.15) is 29.4 Å². The smallest absolute Gasteiger partial charge is 0.421 e. The molecule has 1 N–H and O–H groups in total. The molecule has 4 aliphatic rings. The van der Waals surface area contributed by atoms with Crippen molar-refractivity contribution < 1.29 is 41.9 Å². The number of hydrogen-bond donors (Lipinski definition) is 1. The first-order chi connectivity index (χ1) is 20.7. The third-order valence-corrected chi connectivity index (χ3v) is 10.5. The van der Waals surface area contributed by atoms with Crippen LogP contribution in [0.25, 0.3) is 0 Å². The number of aliphatic carboxylic acids is 1. The highest BCUT2D eigenvalue weighted by atomic mass is 35.5. The molecule has 3 atom stereocenters. The van der Waals surface area contributed by atoms with Gasteiger partial charge in [-0.3, -0.25) is 14.4 Å². The molecule has 238 valence electrons. The Balaban J connectivity index is 1.38. The Morgan fingerprint density at radius 3 is 2.64 bits per heavy atom. The van der Waals surface area contributed by atoms with Crippen molar-refractivity contribution in [2.45, 2.75) is 84.0 Å². The predicted octanol–water partition coefficient (Wildman–Crippen LogP) is 5.95. The van der Waals surface area contributed by atoms with E-state index >= 15 is 0 Å². The molecule has 1 aromatic carbocycles. The van der Waals surface area contributed by atoms with Gasteiger partial charge in [-0.2, -0.15) is 13.2 Å². The van der Waals surface area contributed by atoms with Crippen molar-refractivity contribution in [1.29, 1.82) is 0 Å². The molecule has 3 heterocycles. The van der Waals surface area contributed by atoms with E-state index in [1.807, 2.05) is 0 Å². The Morgan fingerprint density at radius 1 is 1.23 bits per heavy atom. The van der Waals surface area contributed by atoms with Crippen molar-refractivity contribution in [3.63, 3.8) is 0 Å². The zero-order chi connectivity index (χ0) is 31.6. The second-order valence-corrected chi connectivity index (χ2v) is 13.5. The van der Waals surface area contributed by atoms with E-state index in [2.05, 4.69) is 5.16 Å². The zero-order valence-corrected chi connectivity index (χ0v) is 25.4.